The zero-order chi connectivity index (χ0) is 12.5. The minimum absolute atomic E-state index is 0.0574. The van der Waals surface area contributed by atoms with Crippen LogP contribution in [-0.2, 0) is 0 Å². The highest BCUT2D eigenvalue weighted by molar-refractivity contribution is 6.03. The number of benzene rings is 1. The Kier molecular flexibility index (Phi) is 2.34. The van der Waals surface area contributed by atoms with Crippen LogP contribution in [0.2, 0.25) is 0 Å². The van der Waals surface area contributed by atoms with Crippen molar-refractivity contribution in [1.82, 2.24) is 9.55 Å². The summed E-state index contributed by atoms with van der Waals surface area (Å²) in [4.78, 5) is 16.2. The Labute approximate surface area is 103 Å². The molecule has 0 aliphatic rings. The largest absolute Gasteiger partial charge is 0.494 e. The van der Waals surface area contributed by atoms with E-state index in [0.29, 0.717) is 11.1 Å². The minimum atomic E-state index is -0.267. The number of carbonyl (C=O) groups is 1. The van der Waals surface area contributed by atoms with Gasteiger partial charge in [-0.3, -0.25) is 9.78 Å². The van der Waals surface area contributed by atoms with E-state index in [2.05, 4.69) is 4.98 Å². The van der Waals surface area contributed by atoms with Crippen LogP contribution in [0.1, 0.15) is 10.4 Å². The lowest BCUT2D eigenvalue weighted by atomic mass is 10.2. The lowest BCUT2D eigenvalue weighted by Crippen LogP contribution is -2.11. The van der Waals surface area contributed by atoms with Gasteiger partial charge in [0, 0.05) is 29.4 Å². The molecule has 2 heterocycles. The van der Waals surface area contributed by atoms with E-state index in [1.165, 1.54) is 4.57 Å². The quantitative estimate of drug-likeness (QED) is 0.708. The molecule has 0 radical (unpaired) electrons. The van der Waals surface area contributed by atoms with Gasteiger partial charge in [-0.1, -0.05) is 18.2 Å². The molecule has 0 spiro atoms. The summed E-state index contributed by atoms with van der Waals surface area (Å²) in [6.07, 6.45) is 3.10. The van der Waals surface area contributed by atoms with Crippen LogP contribution in [-0.4, -0.2) is 20.6 Å². The molecule has 0 aliphatic carbocycles. The maximum atomic E-state index is 12.3. The van der Waals surface area contributed by atoms with Gasteiger partial charge in [-0.05, 0) is 18.2 Å². The number of hydrogen-bond acceptors (Lipinski definition) is 3. The monoisotopic (exact) mass is 238 g/mol. The third-order valence-corrected chi connectivity index (χ3v) is 2.82. The Bertz CT molecular complexity index is 717. The predicted molar refractivity (Wildman–Crippen MR) is 67.6 cm³/mol. The van der Waals surface area contributed by atoms with Crippen LogP contribution in [0, 0.1) is 0 Å². The molecule has 18 heavy (non-hydrogen) atoms. The van der Waals surface area contributed by atoms with Crippen molar-refractivity contribution in [2.75, 3.05) is 0 Å². The number of hydrogen-bond donors (Lipinski definition) is 1. The van der Waals surface area contributed by atoms with Gasteiger partial charge in [0.25, 0.3) is 5.91 Å². The molecule has 0 fully saturated rings. The van der Waals surface area contributed by atoms with E-state index < -0.39 is 0 Å². The fraction of sp³-hybridized carbons (Fsp3) is 0. The maximum Gasteiger partial charge on any atom is 0.265 e. The molecule has 4 nitrogen and oxygen atoms in total. The van der Waals surface area contributed by atoms with Gasteiger partial charge in [-0.15, -0.1) is 0 Å². The van der Waals surface area contributed by atoms with Gasteiger partial charge in [-0.25, -0.2) is 4.57 Å². The second-order valence-electron chi connectivity index (χ2n) is 3.94. The number of aromatic nitrogens is 2. The standard InChI is InChI=1S/C14H10N2O2/c17-13-9-11-3-1-2-4-12(11)16(13)14(18)10-5-7-15-8-6-10/h1-9,17H. The van der Waals surface area contributed by atoms with Gasteiger partial charge in [0.2, 0.25) is 0 Å². The lowest BCUT2D eigenvalue weighted by molar-refractivity contribution is 0.0956. The van der Waals surface area contributed by atoms with Crippen LogP contribution in [0.5, 0.6) is 5.88 Å². The van der Waals surface area contributed by atoms with E-state index in [0.717, 1.165) is 5.39 Å². The first kappa shape index (κ1) is 10.5. The molecule has 3 aromatic rings. The lowest BCUT2D eigenvalue weighted by Gasteiger charge is -2.05. The van der Waals surface area contributed by atoms with Crippen molar-refractivity contribution in [2.45, 2.75) is 0 Å². The summed E-state index contributed by atoms with van der Waals surface area (Å²) in [6.45, 7) is 0. The van der Waals surface area contributed by atoms with Crippen LogP contribution >= 0.6 is 0 Å². The van der Waals surface area contributed by atoms with Crippen molar-refractivity contribution in [3.63, 3.8) is 0 Å². The van der Waals surface area contributed by atoms with E-state index >= 15 is 0 Å². The van der Waals surface area contributed by atoms with E-state index in [-0.39, 0.29) is 11.8 Å². The van der Waals surface area contributed by atoms with Gasteiger partial charge in [0.05, 0.1) is 5.52 Å². The van der Waals surface area contributed by atoms with Crippen molar-refractivity contribution < 1.29 is 9.90 Å². The first-order chi connectivity index (χ1) is 8.77. The molecule has 0 saturated heterocycles. The number of pyridine rings is 1. The Morgan fingerprint density at radius 1 is 1.11 bits per heavy atom. The summed E-state index contributed by atoms with van der Waals surface area (Å²) in [7, 11) is 0. The van der Waals surface area contributed by atoms with Crippen LogP contribution in [0.3, 0.4) is 0 Å². The van der Waals surface area contributed by atoms with Crippen molar-refractivity contribution in [2.24, 2.45) is 0 Å². The summed E-state index contributed by atoms with van der Waals surface area (Å²) >= 11 is 0. The van der Waals surface area contributed by atoms with Crippen LogP contribution < -0.4 is 0 Å². The molecule has 1 N–H and O–H groups in total. The molecule has 3 rings (SSSR count). The van der Waals surface area contributed by atoms with E-state index in [9.17, 15) is 9.90 Å². The third-order valence-electron chi connectivity index (χ3n) is 2.82. The second kappa shape index (κ2) is 4.00. The van der Waals surface area contributed by atoms with E-state index in [1.54, 1.807) is 36.7 Å². The van der Waals surface area contributed by atoms with Gasteiger partial charge in [-0.2, -0.15) is 0 Å². The molecular weight excluding hydrogens is 228 g/mol. The van der Waals surface area contributed by atoms with E-state index in [4.69, 9.17) is 0 Å². The number of fused-ring (bicyclic) bond motifs is 1. The molecule has 4 heteroatoms. The number of para-hydroxylation sites is 1. The van der Waals surface area contributed by atoms with Crippen molar-refractivity contribution >= 4 is 16.8 Å². The van der Waals surface area contributed by atoms with E-state index in [1.807, 2.05) is 18.2 Å². The first-order valence-electron chi connectivity index (χ1n) is 5.51. The summed E-state index contributed by atoms with van der Waals surface area (Å²) in [5.74, 6) is -0.325. The van der Waals surface area contributed by atoms with Crippen LogP contribution in [0.15, 0.2) is 54.9 Å². The molecule has 0 atom stereocenters. The molecule has 2 aromatic heterocycles. The molecular formula is C14H10N2O2. The average Bonchev–Trinajstić information content (AvgIpc) is 2.75. The normalized spacial score (nSPS) is 10.7. The molecule has 88 valence electrons. The SMILES string of the molecule is O=C(c1ccncc1)n1c(O)cc2ccccc21. The number of aromatic hydroxyl groups is 1. The summed E-state index contributed by atoms with van der Waals surface area (Å²) in [5, 5.41) is 10.7. The highest BCUT2D eigenvalue weighted by Crippen LogP contribution is 2.25. The molecule has 1 aromatic carbocycles. The minimum Gasteiger partial charge on any atom is -0.494 e. The topological polar surface area (TPSA) is 55.1 Å². The van der Waals surface area contributed by atoms with Gasteiger partial charge in [0.1, 0.15) is 0 Å². The molecule has 0 saturated carbocycles. The molecule has 0 bridgehead atoms. The Morgan fingerprint density at radius 2 is 1.83 bits per heavy atom. The second-order valence-corrected chi connectivity index (χ2v) is 3.94. The summed E-state index contributed by atoms with van der Waals surface area (Å²) < 4.78 is 1.30. The van der Waals surface area contributed by atoms with Crippen molar-refractivity contribution in [3.05, 3.63) is 60.4 Å². The number of nitrogens with zero attached hydrogens (tertiary/aromatic N) is 2. The third kappa shape index (κ3) is 1.55. The summed E-state index contributed by atoms with van der Waals surface area (Å²) in [5.41, 5.74) is 1.18. The number of rotatable bonds is 1. The fourth-order valence-electron chi connectivity index (χ4n) is 1.98. The van der Waals surface area contributed by atoms with Crippen LogP contribution in [0.25, 0.3) is 10.9 Å². The fourth-order valence-corrected chi connectivity index (χ4v) is 1.98. The van der Waals surface area contributed by atoms with Crippen molar-refractivity contribution in [1.29, 1.82) is 0 Å². The summed E-state index contributed by atoms with van der Waals surface area (Å²) in [6, 6.07) is 12.2. The van der Waals surface area contributed by atoms with Gasteiger partial charge >= 0.3 is 0 Å². The first-order valence-corrected chi connectivity index (χ1v) is 5.51. The van der Waals surface area contributed by atoms with Gasteiger partial charge in [0.15, 0.2) is 5.88 Å². The highest BCUT2D eigenvalue weighted by Gasteiger charge is 2.15. The number of carbonyl (C=O) groups excluding carboxylic acids is 1. The van der Waals surface area contributed by atoms with Crippen molar-refractivity contribution in [3.8, 4) is 5.88 Å². The smallest absolute Gasteiger partial charge is 0.265 e. The maximum absolute atomic E-state index is 12.3. The predicted octanol–water partition coefficient (Wildman–Crippen LogP) is 2.43. The molecule has 0 unspecified atom stereocenters. The molecule has 0 aliphatic heterocycles. The highest BCUT2D eigenvalue weighted by atomic mass is 16.3. The Balaban J connectivity index is 2.21. The average molecular weight is 238 g/mol. The zero-order valence-electron chi connectivity index (χ0n) is 9.45. The molecule has 0 amide bonds. The Hall–Kier alpha value is -2.62. The van der Waals surface area contributed by atoms with Crippen LogP contribution in [0.4, 0.5) is 0 Å². The zero-order valence-corrected chi connectivity index (χ0v) is 9.45. The Morgan fingerprint density at radius 3 is 2.61 bits per heavy atom. The van der Waals surface area contributed by atoms with Gasteiger partial charge < -0.3 is 5.11 Å².